The molecule has 0 fully saturated rings. The summed E-state index contributed by atoms with van der Waals surface area (Å²) in [7, 11) is 0. The normalized spacial score (nSPS) is 11.5. The first-order valence-corrected chi connectivity index (χ1v) is 8.61. The Morgan fingerprint density at radius 2 is 1.81 bits per heavy atom. The number of carbonyl (C=O) groups excluding carboxylic acids is 1. The zero-order valence-electron chi connectivity index (χ0n) is 13.7. The van der Waals surface area contributed by atoms with Crippen LogP contribution >= 0.6 is 22.6 Å². The average molecular weight is 490 g/mol. The molecule has 0 aliphatic carbocycles. The zero-order valence-corrected chi connectivity index (χ0v) is 15.8. The summed E-state index contributed by atoms with van der Waals surface area (Å²) in [5, 5.41) is 9.28. The lowest BCUT2D eigenvalue weighted by molar-refractivity contribution is -0.143. The van der Waals surface area contributed by atoms with Crippen molar-refractivity contribution in [1.29, 1.82) is 0 Å². The molecule has 0 atom stereocenters. The van der Waals surface area contributed by atoms with Crippen LogP contribution in [0.2, 0.25) is 0 Å². The Morgan fingerprint density at radius 1 is 1.15 bits per heavy atom. The van der Waals surface area contributed by atoms with Crippen LogP contribution < -0.4 is 5.32 Å². The van der Waals surface area contributed by atoms with E-state index in [1.165, 1.54) is 0 Å². The van der Waals surface area contributed by atoms with Crippen molar-refractivity contribution in [3.63, 3.8) is 0 Å². The number of hydrogen-bond donors (Lipinski definition) is 1. The van der Waals surface area contributed by atoms with Crippen molar-refractivity contribution >= 4 is 34.2 Å². The molecule has 0 unspecified atom stereocenters. The van der Waals surface area contributed by atoms with E-state index >= 15 is 0 Å². The summed E-state index contributed by atoms with van der Waals surface area (Å²) in [5.41, 5.74) is -1.22. The lowest BCUT2D eigenvalue weighted by Crippen LogP contribution is -2.21. The minimum atomic E-state index is -4.90. The smallest absolute Gasteiger partial charge is 0.320 e. The lowest BCUT2D eigenvalue weighted by atomic mass is 10.2. The van der Waals surface area contributed by atoms with Gasteiger partial charge in [-0.1, -0.05) is 5.21 Å². The number of anilines is 1. The highest BCUT2D eigenvalue weighted by Gasteiger charge is 2.42. The molecule has 140 valence electrons. The first-order valence-electron chi connectivity index (χ1n) is 7.53. The predicted molar refractivity (Wildman–Crippen MR) is 98.2 cm³/mol. The van der Waals surface area contributed by atoms with Gasteiger partial charge < -0.3 is 5.32 Å². The molecule has 3 rings (SSSR count). The summed E-state index contributed by atoms with van der Waals surface area (Å²) < 4.78 is 55.2. The van der Waals surface area contributed by atoms with E-state index in [9.17, 15) is 22.4 Å². The Hall–Kier alpha value is -2.50. The third kappa shape index (κ3) is 4.10. The first kappa shape index (κ1) is 19.3. The van der Waals surface area contributed by atoms with E-state index in [0.29, 0.717) is 15.9 Å². The first-order chi connectivity index (χ1) is 12.7. The zero-order chi connectivity index (χ0) is 19.8. The summed E-state index contributed by atoms with van der Waals surface area (Å²) in [5.74, 6) is -1.65. The molecule has 0 bridgehead atoms. The monoisotopic (exact) mass is 490 g/mol. The molecule has 0 aliphatic rings. The van der Waals surface area contributed by atoms with Crippen molar-refractivity contribution in [2.45, 2.75) is 13.1 Å². The van der Waals surface area contributed by atoms with Crippen LogP contribution in [0.1, 0.15) is 21.7 Å². The molecule has 0 saturated heterocycles. The second-order valence-electron chi connectivity index (χ2n) is 5.59. The van der Waals surface area contributed by atoms with Gasteiger partial charge in [0.05, 0.1) is 5.69 Å². The molecule has 2 aromatic carbocycles. The van der Waals surface area contributed by atoms with E-state index in [1.54, 1.807) is 25.1 Å². The second kappa shape index (κ2) is 7.25. The van der Waals surface area contributed by atoms with E-state index in [2.05, 4.69) is 38.2 Å². The number of rotatable bonds is 3. The van der Waals surface area contributed by atoms with Crippen molar-refractivity contribution in [2.24, 2.45) is 0 Å². The van der Waals surface area contributed by atoms with Crippen molar-refractivity contribution in [2.75, 3.05) is 5.32 Å². The highest BCUT2D eigenvalue weighted by atomic mass is 127. The molecule has 3 aromatic rings. The number of nitrogens with zero attached hydrogens (tertiary/aromatic N) is 3. The maximum absolute atomic E-state index is 13.6. The molecular weight excluding hydrogens is 479 g/mol. The fourth-order valence-electron chi connectivity index (χ4n) is 2.40. The van der Waals surface area contributed by atoms with E-state index < -0.39 is 29.3 Å². The number of halogens is 5. The van der Waals surface area contributed by atoms with Crippen LogP contribution in [0.4, 0.5) is 23.2 Å². The molecule has 0 aliphatic heterocycles. The average Bonchev–Trinajstić information content (AvgIpc) is 3.03. The minimum Gasteiger partial charge on any atom is -0.320 e. The topological polar surface area (TPSA) is 59.8 Å². The van der Waals surface area contributed by atoms with Crippen LogP contribution in [0.15, 0.2) is 42.5 Å². The van der Waals surface area contributed by atoms with Crippen molar-refractivity contribution in [3.05, 3.63) is 68.8 Å². The number of nitrogens with one attached hydrogen (secondary N) is 1. The quantitative estimate of drug-likeness (QED) is 0.432. The van der Waals surface area contributed by atoms with Gasteiger partial charge in [0.1, 0.15) is 5.82 Å². The summed E-state index contributed by atoms with van der Waals surface area (Å²) in [6, 6.07) is 9.29. The molecular formula is C17H11F4IN4O. The third-order valence-electron chi connectivity index (χ3n) is 3.66. The van der Waals surface area contributed by atoms with Crippen molar-refractivity contribution < 1.29 is 22.4 Å². The number of benzene rings is 2. The van der Waals surface area contributed by atoms with E-state index in [0.717, 1.165) is 27.8 Å². The van der Waals surface area contributed by atoms with Crippen LogP contribution in [0, 0.1) is 16.3 Å². The Balaban J connectivity index is 2.02. The van der Waals surface area contributed by atoms with Crippen LogP contribution in [0.5, 0.6) is 0 Å². The summed E-state index contributed by atoms with van der Waals surface area (Å²) in [6.45, 7) is 1.72. The van der Waals surface area contributed by atoms with Crippen LogP contribution in [-0.2, 0) is 6.18 Å². The number of aromatic nitrogens is 3. The van der Waals surface area contributed by atoms with Gasteiger partial charge in [-0.2, -0.15) is 13.2 Å². The fraction of sp³-hybridized carbons (Fsp3) is 0.118. The van der Waals surface area contributed by atoms with Gasteiger partial charge in [0, 0.05) is 9.26 Å². The van der Waals surface area contributed by atoms with Crippen LogP contribution in [0.25, 0.3) is 5.69 Å². The number of alkyl halides is 3. The molecule has 0 saturated carbocycles. The van der Waals surface area contributed by atoms with Crippen molar-refractivity contribution in [3.8, 4) is 5.69 Å². The van der Waals surface area contributed by atoms with E-state index in [1.807, 2.05) is 0 Å². The molecule has 1 heterocycles. The number of aryl methyl sites for hydroxylation is 1. The molecule has 27 heavy (non-hydrogen) atoms. The van der Waals surface area contributed by atoms with E-state index in [4.69, 9.17) is 0 Å². The van der Waals surface area contributed by atoms with Crippen LogP contribution in [-0.4, -0.2) is 20.9 Å². The molecule has 5 nitrogen and oxygen atoms in total. The van der Waals surface area contributed by atoms with Gasteiger partial charge in [0.25, 0.3) is 5.91 Å². The molecule has 0 radical (unpaired) electrons. The summed E-state index contributed by atoms with van der Waals surface area (Å²) >= 11 is 2.08. The molecule has 1 N–H and O–H groups in total. The highest BCUT2D eigenvalue weighted by Crippen LogP contribution is 2.33. The predicted octanol–water partition coefficient (Wildman–Crippen LogP) is 4.59. The SMILES string of the molecule is Cc1cc(I)ccc1NC(=O)c1nnn(-c2ccc(F)cc2)c1C(F)(F)F. The second-order valence-corrected chi connectivity index (χ2v) is 6.83. The standard InChI is InChI=1S/C17H11F4IN4O/c1-9-8-11(22)4-7-13(9)23-16(27)14-15(17(19,20)21)26(25-24-14)12-5-2-10(18)3-6-12/h2-8H,1H3,(H,23,27). The molecule has 1 amide bonds. The van der Waals surface area contributed by atoms with E-state index in [-0.39, 0.29) is 5.69 Å². The van der Waals surface area contributed by atoms with Gasteiger partial charge in [0.2, 0.25) is 0 Å². The van der Waals surface area contributed by atoms with Gasteiger partial charge in [-0.3, -0.25) is 4.79 Å². The third-order valence-corrected chi connectivity index (χ3v) is 4.33. The summed E-state index contributed by atoms with van der Waals surface area (Å²) in [4.78, 5) is 12.4. The number of amides is 1. The lowest BCUT2D eigenvalue weighted by Gasteiger charge is -2.12. The van der Waals surface area contributed by atoms with Gasteiger partial charge >= 0.3 is 6.18 Å². The minimum absolute atomic E-state index is 0.0688. The molecule has 10 heteroatoms. The number of carbonyl (C=O) groups is 1. The largest absolute Gasteiger partial charge is 0.435 e. The molecule has 1 aromatic heterocycles. The van der Waals surface area contributed by atoms with Crippen molar-refractivity contribution in [1.82, 2.24) is 15.0 Å². The Bertz CT molecular complexity index is 999. The fourth-order valence-corrected chi connectivity index (χ4v) is 3.05. The maximum Gasteiger partial charge on any atom is 0.435 e. The van der Waals surface area contributed by atoms with Gasteiger partial charge in [-0.25, -0.2) is 9.07 Å². The number of hydrogen-bond acceptors (Lipinski definition) is 3. The Labute approximate surface area is 164 Å². The Kier molecular flexibility index (Phi) is 5.18. The highest BCUT2D eigenvalue weighted by molar-refractivity contribution is 14.1. The van der Waals surface area contributed by atoms with Gasteiger partial charge in [-0.05, 0) is 77.5 Å². The maximum atomic E-state index is 13.6. The van der Waals surface area contributed by atoms with Crippen LogP contribution in [0.3, 0.4) is 0 Å². The van der Waals surface area contributed by atoms with Gasteiger partial charge in [-0.15, -0.1) is 5.10 Å². The Morgan fingerprint density at radius 3 is 2.41 bits per heavy atom. The van der Waals surface area contributed by atoms with Gasteiger partial charge in [0.15, 0.2) is 11.4 Å². The molecule has 0 spiro atoms. The summed E-state index contributed by atoms with van der Waals surface area (Å²) in [6.07, 6.45) is -4.90.